The number of esters is 1. The molecule has 0 saturated heterocycles. The lowest BCUT2D eigenvalue weighted by Crippen LogP contribution is -2.56. The Hall–Kier alpha value is -0.600. The van der Waals surface area contributed by atoms with E-state index in [9.17, 15) is 9.18 Å². The van der Waals surface area contributed by atoms with Crippen LogP contribution in [0.3, 0.4) is 0 Å². The summed E-state index contributed by atoms with van der Waals surface area (Å²) in [6.07, 6.45) is 5.31. The number of hydrogen-bond donors (Lipinski definition) is 0. The molecule has 0 aromatic carbocycles. The van der Waals surface area contributed by atoms with Crippen LogP contribution in [0.5, 0.6) is 0 Å². The second-order valence-corrected chi connectivity index (χ2v) is 6.72. The Morgan fingerprint density at radius 3 is 2.35 bits per heavy atom. The lowest BCUT2D eigenvalue weighted by atomic mass is 9.45. The Balaban J connectivity index is 1.90. The van der Waals surface area contributed by atoms with Crippen molar-refractivity contribution in [2.24, 2.45) is 23.2 Å². The van der Waals surface area contributed by atoms with Gasteiger partial charge in [0.1, 0.15) is 5.67 Å². The van der Waals surface area contributed by atoms with Crippen molar-refractivity contribution < 1.29 is 13.9 Å². The van der Waals surface area contributed by atoms with E-state index >= 15 is 0 Å². The van der Waals surface area contributed by atoms with Gasteiger partial charge in [0.15, 0.2) is 0 Å². The molecule has 3 heteroatoms. The molecular weight excluding hydrogens is 219 g/mol. The molecule has 0 radical (unpaired) electrons. The molecule has 96 valence electrons. The van der Waals surface area contributed by atoms with E-state index in [1.807, 2.05) is 6.92 Å². The van der Waals surface area contributed by atoms with Crippen LogP contribution in [-0.2, 0) is 9.53 Å². The van der Waals surface area contributed by atoms with E-state index in [1.165, 1.54) is 13.5 Å². The maximum absolute atomic E-state index is 14.7. The third-order valence-electron chi connectivity index (χ3n) is 5.51. The van der Waals surface area contributed by atoms with Gasteiger partial charge in [-0.05, 0) is 55.8 Å². The van der Waals surface area contributed by atoms with Crippen LogP contribution in [-0.4, -0.2) is 18.7 Å². The van der Waals surface area contributed by atoms with Crippen LogP contribution >= 0.6 is 0 Å². The minimum atomic E-state index is -0.980. The largest absolute Gasteiger partial charge is 0.469 e. The smallest absolute Gasteiger partial charge is 0.308 e. The van der Waals surface area contributed by atoms with Gasteiger partial charge < -0.3 is 4.74 Å². The van der Waals surface area contributed by atoms with Crippen LogP contribution in [0, 0.1) is 23.2 Å². The Bertz CT molecular complexity index is 338. The van der Waals surface area contributed by atoms with Gasteiger partial charge in [-0.25, -0.2) is 4.39 Å². The summed E-state index contributed by atoms with van der Waals surface area (Å²) in [6, 6.07) is 0. The molecule has 4 fully saturated rings. The van der Waals surface area contributed by atoms with E-state index in [2.05, 4.69) is 0 Å². The summed E-state index contributed by atoms with van der Waals surface area (Å²) in [5.74, 6) is 0.714. The quantitative estimate of drug-likeness (QED) is 0.693. The molecule has 0 N–H and O–H groups in total. The summed E-state index contributed by atoms with van der Waals surface area (Å²) < 4.78 is 19.6. The SMILES string of the molecule is COC(=O)[C@@H](C)C12CC3CC(CC(F)(C3)C1)C2. The van der Waals surface area contributed by atoms with Gasteiger partial charge in [-0.2, -0.15) is 0 Å². The number of carbonyl (C=O) groups is 1. The zero-order chi connectivity index (χ0) is 12.3. The summed E-state index contributed by atoms with van der Waals surface area (Å²) in [5.41, 5.74) is -1.09. The lowest BCUT2D eigenvalue weighted by molar-refractivity contribution is -0.172. The monoisotopic (exact) mass is 240 g/mol. The number of hydrogen-bond acceptors (Lipinski definition) is 2. The summed E-state index contributed by atoms with van der Waals surface area (Å²) in [4.78, 5) is 11.8. The summed E-state index contributed by atoms with van der Waals surface area (Å²) >= 11 is 0. The Morgan fingerprint density at radius 1 is 1.29 bits per heavy atom. The summed E-state index contributed by atoms with van der Waals surface area (Å²) in [5, 5.41) is 0. The Kier molecular flexibility index (Phi) is 2.34. The van der Waals surface area contributed by atoms with Gasteiger partial charge in [-0.15, -0.1) is 0 Å². The van der Waals surface area contributed by atoms with Crippen molar-refractivity contribution in [1.29, 1.82) is 0 Å². The van der Waals surface area contributed by atoms with E-state index in [4.69, 9.17) is 4.74 Å². The van der Waals surface area contributed by atoms with Crippen molar-refractivity contribution in [1.82, 2.24) is 0 Å². The van der Waals surface area contributed by atoms with Gasteiger partial charge in [0.05, 0.1) is 13.0 Å². The maximum atomic E-state index is 14.7. The highest BCUT2D eigenvalue weighted by molar-refractivity contribution is 5.73. The standard InChI is InChI=1S/C14H21FO2/c1-9(12(16)17-2)13-4-10-3-11(5-13)7-14(15,6-10)8-13/h9-11H,3-8H2,1-2H3/t9-,10?,11?,13?,14?/m1/s1. The molecule has 4 aliphatic rings. The maximum Gasteiger partial charge on any atom is 0.308 e. The van der Waals surface area contributed by atoms with Gasteiger partial charge in [0.25, 0.3) is 0 Å². The molecule has 3 atom stereocenters. The van der Waals surface area contributed by atoms with Crippen LogP contribution in [0.1, 0.15) is 45.4 Å². The lowest BCUT2D eigenvalue weighted by Gasteiger charge is -2.60. The molecule has 0 aromatic heterocycles. The molecule has 0 spiro atoms. The van der Waals surface area contributed by atoms with Crippen molar-refractivity contribution in [3.63, 3.8) is 0 Å². The number of halogens is 1. The predicted molar refractivity (Wildman–Crippen MR) is 62.1 cm³/mol. The second kappa shape index (κ2) is 3.46. The molecule has 4 bridgehead atoms. The first-order chi connectivity index (χ1) is 7.96. The van der Waals surface area contributed by atoms with Gasteiger partial charge >= 0.3 is 5.97 Å². The molecular formula is C14H21FO2. The molecule has 4 aliphatic carbocycles. The Morgan fingerprint density at radius 2 is 1.88 bits per heavy atom. The van der Waals surface area contributed by atoms with Crippen LogP contribution < -0.4 is 0 Å². The topological polar surface area (TPSA) is 26.3 Å². The first-order valence-corrected chi connectivity index (χ1v) is 6.73. The average molecular weight is 240 g/mol. The van der Waals surface area contributed by atoms with E-state index in [-0.39, 0.29) is 17.3 Å². The second-order valence-electron chi connectivity index (χ2n) is 6.72. The zero-order valence-corrected chi connectivity index (χ0v) is 10.7. The minimum Gasteiger partial charge on any atom is -0.469 e. The van der Waals surface area contributed by atoms with E-state index in [0.29, 0.717) is 18.3 Å². The Labute approximate surface area is 102 Å². The highest BCUT2D eigenvalue weighted by Gasteiger charge is 2.61. The third kappa shape index (κ3) is 1.61. The number of ether oxygens (including phenoxy) is 1. The van der Waals surface area contributed by atoms with Crippen LogP contribution in [0.25, 0.3) is 0 Å². The first kappa shape index (κ1) is 11.5. The molecule has 4 rings (SSSR count). The first-order valence-electron chi connectivity index (χ1n) is 6.73. The molecule has 0 heterocycles. The van der Waals surface area contributed by atoms with Crippen molar-refractivity contribution in [2.75, 3.05) is 7.11 Å². The fourth-order valence-corrected chi connectivity index (χ4v) is 5.15. The molecule has 2 unspecified atom stereocenters. The third-order valence-corrected chi connectivity index (χ3v) is 5.51. The summed E-state index contributed by atoms with van der Waals surface area (Å²) in [7, 11) is 1.44. The van der Waals surface area contributed by atoms with Gasteiger partial charge in [-0.1, -0.05) is 6.92 Å². The van der Waals surface area contributed by atoms with Crippen LogP contribution in [0.15, 0.2) is 0 Å². The van der Waals surface area contributed by atoms with Crippen molar-refractivity contribution >= 4 is 5.97 Å². The van der Waals surface area contributed by atoms with E-state index in [0.717, 1.165) is 25.7 Å². The number of rotatable bonds is 2. The number of carbonyl (C=O) groups excluding carboxylic acids is 1. The average Bonchev–Trinajstić information content (AvgIpc) is 2.23. The summed E-state index contributed by atoms with van der Waals surface area (Å²) in [6.45, 7) is 1.93. The molecule has 4 saturated carbocycles. The zero-order valence-electron chi connectivity index (χ0n) is 10.7. The minimum absolute atomic E-state index is 0.105. The number of methoxy groups -OCH3 is 1. The van der Waals surface area contributed by atoms with Crippen LogP contribution in [0.4, 0.5) is 4.39 Å². The highest BCUT2D eigenvalue weighted by atomic mass is 19.1. The molecule has 17 heavy (non-hydrogen) atoms. The highest BCUT2D eigenvalue weighted by Crippen LogP contribution is 2.65. The van der Waals surface area contributed by atoms with Crippen molar-refractivity contribution in [3.8, 4) is 0 Å². The molecule has 2 nitrogen and oxygen atoms in total. The van der Waals surface area contributed by atoms with Gasteiger partial charge in [0.2, 0.25) is 0 Å². The fourth-order valence-electron chi connectivity index (χ4n) is 5.15. The molecule has 0 aliphatic heterocycles. The van der Waals surface area contributed by atoms with Crippen molar-refractivity contribution in [2.45, 2.75) is 51.1 Å². The van der Waals surface area contributed by atoms with Gasteiger partial charge in [-0.3, -0.25) is 4.79 Å². The predicted octanol–water partition coefficient (Wildman–Crippen LogP) is 3.10. The van der Waals surface area contributed by atoms with Crippen molar-refractivity contribution in [3.05, 3.63) is 0 Å². The normalized spacial score (nSPS) is 49.1. The molecule has 0 aromatic rings. The van der Waals surface area contributed by atoms with E-state index in [1.54, 1.807) is 0 Å². The van der Waals surface area contributed by atoms with Gasteiger partial charge in [0, 0.05) is 0 Å². The number of alkyl halides is 1. The fraction of sp³-hybridized carbons (Fsp3) is 0.929. The van der Waals surface area contributed by atoms with E-state index < -0.39 is 5.67 Å². The molecule has 0 amide bonds. The van der Waals surface area contributed by atoms with Crippen LogP contribution in [0.2, 0.25) is 0 Å².